The van der Waals surface area contributed by atoms with Crippen LogP contribution in [-0.4, -0.2) is 57.5 Å². The Kier molecular flexibility index (Phi) is 6.22. The third-order valence-corrected chi connectivity index (χ3v) is 6.75. The lowest BCUT2D eigenvalue weighted by atomic mass is 10.0. The zero-order valence-electron chi connectivity index (χ0n) is 16.9. The van der Waals surface area contributed by atoms with Gasteiger partial charge in [0.1, 0.15) is 11.5 Å². The summed E-state index contributed by atoms with van der Waals surface area (Å²) in [5, 5.41) is 12.9. The number of carbonyl (C=O) groups is 1. The number of ether oxygens (including phenoxy) is 2. The molecule has 156 valence electrons. The number of methoxy groups -OCH3 is 2. The molecule has 8 nitrogen and oxygen atoms in total. The van der Waals surface area contributed by atoms with E-state index < -0.39 is 0 Å². The van der Waals surface area contributed by atoms with Crippen LogP contribution in [0.4, 0.5) is 0 Å². The summed E-state index contributed by atoms with van der Waals surface area (Å²) >= 11 is 1.43. The van der Waals surface area contributed by atoms with Crippen LogP contribution in [0.1, 0.15) is 56.2 Å². The van der Waals surface area contributed by atoms with Crippen LogP contribution in [0.3, 0.4) is 0 Å². The van der Waals surface area contributed by atoms with Gasteiger partial charge < -0.3 is 14.4 Å². The highest BCUT2D eigenvalue weighted by Gasteiger charge is 2.32. The zero-order chi connectivity index (χ0) is 20.2. The lowest BCUT2D eigenvalue weighted by Gasteiger charge is -2.26. The molecule has 1 aromatic heterocycles. The molecule has 0 unspecified atom stereocenters. The number of amides is 1. The lowest BCUT2D eigenvalue weighted by molar-refractivity contribution is -0.129. The molecular formula is C20H27N5O3S. The van der Waals surface area contributed by atoms with Gasteiger partial charge in [0, 0.05) is 12.1 Å². The van der Waals surface area contributed by atoms with Crippen LogP contribution in [0.15, 0.2) is 23.4 Å². The summed E-state index contributed by atoms with van der Waals surface area (Å²) in [6.45, 7) is 0.748. The Morgan fingerprint density at radius 3 is 2.76 bits per heavy atom. The molecule has 0 radical (unpaired) electrons. The minimum atomic E-state index is -0.000947. The van der Waals surface area contributed by atoms with Crippen molar-refractivity contribution in [3.05, 3.63) is 23.8 Å². The van der Waals surface area contributed by atoms with Crippen molar-refractivity contribution in [2.75, 3.05) is 26.5 Å². The molecule has 4 rings (SSSR count). The van der Waals surface area contributed by atoms with Gasteiger partial charge in [-0.2, -0.15) is 0 Å². The van der Waals surface area contributed by atoms with Crippen LogP contribution in [0.5, 0.6) is 11.5 Å². The summed E-state index contributed by atoms with van der Waals surface area (Å²) in [5.41, 5.74) is 0.999. The smallest absolute Gasteiger partial charge is 0.233 e. The van der Waals surface area contributed by atoms with Gasteiger partial charge in [0.15, 0.2) is 0 Å². The summed E-state index contributed by atoms with van der Waals surface area (Å²) in [7, 11) is 3.31. The first-order valence-electron chi connectivity index (χ1n) is 10.1. The monoisotopic (exact) mass is 417 g/mol. The Hall–Kier alpha value is -2.29. The van der Waals surface area contributed by atoms with Crippen LogP contribution < -0.4 is 9.47 Å². The fourth-order valence-electron chi connectivity index (χ4n) is 4.36. The molecule has 1 saturated heterocycles. The molecule has 0 spiro atoms. The fourth-order valence-corrected chi connectivity index (χ4v) is 5.19. The summed E-state index contributed by atoms with van der Waals surface area (Å²) in [6.07, 6.45) is 6.53. The SMILES string of the molecule is COc1ccc(OC)c([C@@H]2CCCN2C(=O)CSc2nnnn2C2CCCC2)c1. The first kappa shape index (κ1) is 20.0. The maximum absolute atomic E-state index is 13.1. The minimum Gasteiger partial charge on any atom is -0.497 e. The van der Waals surface area contributed by atoms with Gasteiger partial charge in [-0.05, 0) is 54.3 Å². The number of aromatic nitrogens is 4. The molecule has 2 heterocycles. The second-order valence-corrected chi connectivity index (χ2v) is 8.43. The minimum absolute atomic E-state index is 0.000947. The van der Waals surface area contributed by atoms with Gasteiger partial charge in [-0.25, -0.2) is 4.68 Å². The standard InChI is InChI=1S/C20H27N5O3S/c1-27-15-9-10-18(28-2)16(12-15)17-8-5-11-24(17)19(26)13-29-20-21-22-23-25(20)14-6-3-4-7-14/h9-10,12,14,17H,3-8,11,13H2,1-2H3/t17-/m0/s1. The number of likely N-dealkylation sites (tertiary alicyclic amines) is 1. The van der Waals surface area contributed by atoms with Crippen molar-refractivity contribution in [2.45, 2.75) is 55.8 Å². The van der Waals surface area contributed by atoms with Gasteiger partial charge in [-0.1, -0.05) is 24.6 Å². The van der Waals surface area contributed by atoms with Crippen molar-refractivity contribution in [1.29, 1.82) is 0 Å². The summed E-state index contributed by atoms with van der Waals surface area (Å²) < 4.78 is 12.8. The number of thioether (sulfide) groups is 1. The van der Waals surface area contributed by atoms with Crippen LogP contribution >= 0.6 is 11.8 Å². The molecule has 1 saturated carbocycles. The lowest BCUT2D eigenvalue weighted by Crippen LogP contribution is -2.32. The first-order chi connectivity index (χ1) is 14.2. The zero-order valence-corrected chi connectivity index (χ0v) is 17.7. The fraction of sp³-hybridized carbons (Fsp3) is 0.600. The Morgan fingerprint density at radius 1 is 1.17 bits per heavy atom. The molecular weight excluding hydrogens is 390 g/mol. The van der Waals surface area contributed by atoms with E-state index in [0.29, 0.717) is 11.8 Å². The molecule has 0 bridgehead atoms. The molecule has 0 N–H and O–H groups in total. The largest absolute Gasteiger partial charge is 0.497 e. The van der Waals surface area contributed by atoms with E-state index >= 15 is 0 Å². The second kappa shape index (κ2) is 9.02. The molecule has 1 aliphatic carbocycles. The van der Waals surface area contributed by atoms with E-state index in [4.69, 9.17) is 9.47 Å². The van der Waals surface area contributed by atoms with E-state index in [9.17, 15) is 4.79 Å². The van der Waals surface area contributed by atoms with Gasteiger partial charge in [-0.3, -0.25) is 4.79 Å². The average Bonchev–Trinajstić information content (AvgIpc) is 3.52. The highest BCUT2D eigenvalue weighted by Crippen LogP contribution is 2.39. The number of carbonyl (C=O) groups excluding carboxylic acids is 1. The molecule has 29 heavy (non-hydrogen) atoms. The molecule has 1 aromatic carbocycles. The maximum atomic E-state index is 13.1. The van der Waals surface area contributed by atoms with E-state index in [1.54, 1.807) is 14.2 Å². The molecule has 1 amide bonds. The number of benzene rings is 1. The Morgan fingerprint density at radius 2 is 2.00 bits per heavy atom. The topological polar surface area (TPSA) is 82.4 Å². The van der Waals surface area contributed by atoms with Crippen LogP contribution in [0, 0.1) is 0 Å². The van der Waals surface area contributed by atoms with Gasteiger partial charge in [0.25, 0.3) is 0 Å². The van der Waals surface area contributed by atoms with Crippen molar-refractivity contribution < 1.29 is 14.3 Å². The number of tetrazole rings is 1. The molecule has 2 fully saturated rings. The Balaban J connectivity index is 1.46. The molecule has 1 aliphatic heterocycles. The summed E-state index contributed by atoms with van der Waals surface area (Å²) in [4.78, 5) is 15.0. The predicted octanol–water partition coefficient (Wildman–Crippen LogP) is 3.26. The molecule has 2 aromatic rings. The van der Waals surface area contributed by atoms with E-state index in [0.717, 1.165) is 54.4 Å². The van der Waals surface area contributed by atoms with Crippen molar-refractivity contribution in [2.24, 2.45) is 0 Å². The number of hydrogen-bond donors (Lipinski definition) is 0. The number of hydrogen-bond acceptors (Lipinski definition) is 7. The van der Waals surface area contributed by atoms with E-state index in [-0.39, 0.29) is 11.9 Å². The maximum Gasteiger partial charge on any atom is 0.233 e. The van der Waals surface area contributed by atoms with E-state index in [1.807, 2.05) is 27.8 Å². The highest BCUT2D eigenvalue weighted by atomic mass is 32.2. The van der Waals surface area contributed by atoms with Crippen molar-refractivity contribution >= 4 is 17.7 Å². The van der Waals surface area contributed by atoms with Crippen LogP contribution in [0.2, 0.25) is 0 Å². The molecule has 2 aliphatic rings. The Bertz CT molecular complexity index is 852. The van der Waals surface area contributed by atoms with Crippen molar-refractivity contribution in [1.82, 2.24) is 25.1 Å². The van der Waals surface area contributed by atoms with Gasteiger partial charge in [0.2, 0.25) is 11.1 Å². The second-order valence-electron chi connectivity index (χ2n) is 7.49. The average molecular weight is 418 g/mol. The Labute approximate surface area is 174 Å². The highest BCUT2D eigenvalue weighted by molar-refractivity contribution is 7.99. The van der Waals surface area contributed by atoms with E-state index in [2.05, 4.69) is 15.5 Å². The van der Waals surface area contributed by atoms with Crippen molar-refractivity contribution in [3.63, 3.8) is 0 Å². The quantitative estimate of drug-likeness (QED) is 0.640. The number of nitrogens with zero attached hydrogens (tertiary/aromatic N) is 5. The summed E-state index contributed by atoms with van der Waals surface area (Å²) in [5.74, 6) is 1.98. The van der Waals surface area contributed by atoms with E-state index in [1.165, 1.54) is 24.6 Å². The molecule has 1 atom stereocenters. The van der Waals surface area contributed by atoms with Gasteiger partial charge >= 0.3 is 0 Å². The molecule has 9 heteroatoms. The van der Waals surface area contributed by atoms with Gasteiger partial charge in [-0.15, -0.1) is 5.10 Å². The first-order valence-corrected chi connectivity index (χ1v) is 11.1. The summed E-state index contributed by atoms with van der Waals surface area (Å²) in [6, 6.07) is 6.12. The third kappa shape index (κ3) is 4.19. The van der Waals surface area contributed by atoms with Gasteiger partial charge in [0.05, 0.1) is 32.1 Å². The predicted molar refractivity (Wildman–Crippen MR) is 109 cm³/mol. The number of rotatable bonds is 7. The van der Waals surface area contributed by atoms with Crippen molar-refractivity contribution in [3.8, 4) is 11.5 Å². The third-order valence-electron chi connectivity index (χ3n) is 5.83. The normalized spacial score (nSPS) is 19.7. The van der Waals surface area contributed by atoms with Crippen LogP contribution in [-0.2, 0) is 4.79 Å². The van der Waals surface area contributed by atoms with Crippen LogP contribution in [0.25, 0.3) is 0 Å².